The first-order chi connectivity index (χ1) is 7.78. The van der Waals surface area contributed by atoms with Crippen LogP contribution in [0.25, 0.3) is 6.08 Å². The van der Waals surface area contributed by atoms with E-state index in [2.05, 4.69) is 4.18 Å². The summed E-state index contributed by atoms with van der Waals surface area (Å²) >= 11 is 0. The molecular weight excluding hydrogens is 275 g/mol. The fourth-order valence-corrected chi connectivity index (χ4v) is 1.35. The molecule has 1 aromatic carbocycles. The first-order valence-electron chi connectivity index (χ1n) is 4.17. The third-order valence-electron chi connectivity index (χ3n) is 1.59. The van der Waals surface area contributed by atoms with E-state index in [1.165, 1.54) is 12.1 Å². The van der Waals surface area contributed by atoms with Gasteiger partial charge in [0.15, 0.2) is 11.5 Å². The molecule has 0 unspecified atom stereocenters. The Labute approximate surface area is 125 Å². The summed E-state index contributed by atoms with van der Waals surface area (Å²) in [5, 5.41) is 17.7. The first-order valence-corrected chi connectivity index (χ1v) is 5.50. The molecule has 0 aliphatic carbocycles. The Morgan fingerprint density at radius 1 is 1.39 bits per heavy atom. The number of carboxylic acid groups (broad SMARTS) is 1. The SMILES string of the molecule is O=C(O)/C=C/c1ccc(OS(=O)(=O)[O-])c(O)c1.[Na+]. The van der Waals surface area contributed by atoms with Crippen molar-refractivity contribution in [2.24, 2.45) is 0 Å². The van der Waals surface area contributed by atoms with Crippen molar-refractivity contribution in [2.75, 3.05) is 0 Å². The molecule has 0 fully saturated rings. The second-order valence-corrected chi connectivity index (χ2v) is 3.87. The molecule has 18 heavy (non-hydrogen) atoms. The molecule has 0 saturated carbocycles. The van der Waals surface area contributed by atoms with E-state index < -0.39 is 27.9 Å². The first kappa shape index (κ1) is 16.9. The molecule has 0 spiro atoms. The number of phenolic OH excluding ortho intramolecular Hbond substituents is 1. The fraction of sp³-hybridized carbons (Fsp3) is 0. The van der Waals surface area contributed by atoms with E-state index in [4.69, 9.17) is 5.11 Å². The predicted molar refractivity (Wildman–Crippen MR) is 55.1 cm³/mol. The number of hydrogen-bond donors (Lipinski definition) is 2. The topological polar surface area (TPSA) is 124 Å². The van der Waals surface area contributed by atoms with E-state index in [1.807, 2.05) is 0 Å². The van der Waals surface area contributed by atoms with E-state index in [1.54, 1.807) is 0 Å². The van der Waals surface area contributed by atoms with Crippen LogP contribution in [-0.4, -0.2) is 29.2 Å². The third kappa shape index (κ3) is 6.03. The minimum Gasteiger partial charge on any atom is -0.716 e. The van der Waals surface area contributed by atoms with Crippen LogP contribution in [0.4, 0.5) is 0 Å². The summed E-state index contributed by atoms with van der Waals surface area (Å²) in [6, 6.07) is 3.37. The summed E-state index contributed by atoms with van der Waals surface area (Å²) in [6.45, 7) is 0. The second kappa shape index (κ2) is 6.76. The Balaban J connectivity index is 0.00000289. The minimum absolute atomic E-state index is 0. The van der Waals surface area contributed by atoms with Crippen LogP contribution in [0.3, 0.4) is 0 Å². The smallest absolute Gasteiger partial charge is 0.716 e. The van der Waals surface area contributed by atoms with Crippen LogP contribution in [0.1, 0.15) is 5.56 Å². The predicted octanol–water partition coefficient (Wildman–Crippen LogP) is -2.67. The zero-order chi connectivity index (χ0) is 13.1. The Morgan fingerprint density at radius 2 is 2.00 bits per heavy atom. The van der Waals surface area contributed by atoms with E-state index >= 15 is 0 Å². The zero-order valence-corrected chi connectivity index (χ0v) is 12.0. The molecule has 92 valence electrons. The molecule has 0 aliphatic heterocycles. The van der Waals surface area contributed by atoms with Gasteiger partial charge in [-0.3, -0.25) is 0 Å². The molecule has 1 aromatic rings. The van der Waals surface area contributed by atoms with Crippen LogP contribution in [0.2, 0.25) is 0 Å². The van der Waals surface area contributed by atoms with Crippen molar-refractivity contribution in [2.45, 2.75) is 0 Å². The van der Waals surface area contributed by atoms with Crippen molar-refractivity contribution >= 4 is 22.4 Å². The monoisotopic (exact) mass is 282 g/mol. The summed E-state index contributed by atoms with van der Waals surface area (Å²) in [5.74, 6) is -2.28. The normalized spacial score (nSPS) is 10.9. The molecule has 0 aliphatic rings. The number of rotatable bonds is 4. The van der Waals surface area contributed by atoms with Gasteiger partial charge in [0, 0.05) is 6.08 Å². The van der Waals surface area contributed by atoms with Crippen LogP contribution in [0.5, 0.6) is 11.5 Å². The maximum absolute atomic E-state index is 10.3. The van der Waals surface area contributed by atoms with Gasteiger partial charge in [-0.25, -0.2) is 13.2 Å². The van der Waals surface area contributed by atoms with Crippen LogP contribution in [0.15, 0.2) is 24.3 Å². The van der Waals surface area contributed by atoms with Crippen molar-refractivity contribution < 1.29 is 61.7 Å². The van der Waals surface area contributed by atoms with E-state index in [-0.39, 0.29) is 29.6 Å². The van der Waals surface area contributed by atoms with Crippen LogP contribution < -0.4 is 33.7 Å². The van der Waals surface area contributed by atoms with Crippen molar-refractivity contribution in [1.82, 2.24) is 0 Å². The Bertz CT molecular complexity index is 564. The minimum atomic E-state index is -4.96. The molecule has 0 heterocycles. The van der Waals surface area contributed by atoms with Crippen LogP contribution in [-0.2, 0) is 15.2 Å². The third-order valence-corrected chi connectivity index (χ3v) is 1.98. The summed E-state index contributed by atoms with van der Waals surface area (Å²) in [4.78, 5) is 10.2. The standard InChI is InChI=1S/C9H8O7S.Na/c10-7-5-6(2-4-9(11)12)1-3-8(7)16-17(13,14)15;/h1-5,10H,(H,11,12)(H,13,14,15);/q;+1/p-1/b4-2+;. The largest absolute Gasteiger partial charge is 1.00 e. The Morgan fingerprint density at radius 3 is 2.44 bits per heavy atom. The van der Waals surface area contributed by atoms with Gasteiger partial charge < -0.3 is 18.9 Å². The van der Waals surface area contributed by atoms with Gasteiger partial charge in [-0.15, -0.1) is 0 Å². The van der Waals surface area contributed by atoms with Gasteiger partial charge in [0.2, 0.25) is 0 Å². The molecule has 9 heteroatoms. The fourth-order valence-electron chi connectivity index (χ4n) is 0.986. The number of hydrogen-bond acceptors (Lipinski definition) is 6. The zero-order valence-electron chi connectivity index (χ0n) is 9.23. The molecular formula is C9H7NaO7S. The van der Waals surface area contributed by atoms with Gasteiger partial charge in [0.05, 0.1) is 0 Å². The molecule has 0 atom stereocenters. The van der Waals surface area contributed by atoms with Gasteiger partial charge in [-0.05, 0) is 23.8 Å². The summed E-state index contributed by atoms with van der Waals surface area (Å²) in [5.41, 5.74) is 0.306. The van der Waals surface area contributed by atoms with Gasteiger partial charge in [0.25, 0.3) is 10.4 Å². The van der Waals surface area contributed by atoms with Gasteiger partial charge in [-0.1, -0.05) is 6.07 Å². The van der Waals surface area contributed by atoms with Gasteiger partial charge in [0.1, 0.15) is 0 Å². The number of benzene rings is 1. The van der Waals surface area contributed by atoms with E-state index in [0.717, 1.165) is 18.2 Å². The molecule has 0 radical (unpaired) electrons. The second-order valence-electron chi connectivity index (χ2n) is 2.89. The van der Waals surface area contributed by atoms with Gasteiger partial charge >= 0.3 is 35.5 Å². The summed E-state index contributed by atoms with van der Waals surface area (Å²) < 4.78 is 34.8. The number of carboxylic acids is 1. The maximum atomic E-state index is 10.3. The average Bonchev–Trinajstić information content (AvgIpc) is 2.17. The van der Waals surface area contributed by atoms with Gasteiger partial charge in [-0.2, -0.15) is 0 Å². The molecule has 0 saturated heterocycles. The number of phenols is 1. The van der Waals surface area contributed by atoms with Crippen molar-refractivity contribution in [3.63, 3.8) is 0 Å². The number of carbonyl (C=O) groups is 1. The average molecular weight is 282 g/mol. The quantitative estimate of drug-likeness (QED) is 0.267. The Kier molecular flexibility index (Phi) is 6.36. The van der Waals surface area contributed by atoms with Crippen LogP contribution >= 0.6 is 0 Å². The molecule has 1 rings (SSSR count). The maximum Gasteiger partial charge on any atom is 1.00 e. The van der Waals surface area contributed by atoms with E-state index in [9.17, 15) is 22.9 Å². The summed E-state index contributed by atoms with van der Waals surface area (Å²) in [7, 11) is -4.96. The molecule has 0 bridgehead atoms. The Hall–Kier alpha value is -1.06. The van der Waals surface area contributed by atoms with Crippen molar-refractivity contribution in [3.05, 3.63) is 29.8 Å². The molecule has 0 aromatic heterocycles. The van der Waals surface area contributed by atoms with Crippen molar-refractivity contribution in [1.29, 1.82) is 0 Å². The van der Waals surface area contributed by atoms with Crippen LogP contribution in [0, 0.1) is 0 Å². The molecule has 7 nitrogen and oxygen atoms in total. The van der Waals surface area contributed by atoms with Crippen molar-refractivity contribution in [3.8, 4) is 11.5 Å². The number of aromatic hydroxyl groups is 1. The number of aliphatic carboxylic acids is 1. The van der Waals surface area contributed by atoms with E-state index in [0.29, 0.717) is 5.56 Å². The summed E-state index contributed by atoms with van der Waals surface area (Å²) in [6.07, 6.45) is 2.01. The molecule has 0 amide bonds. The molecule has 2 N–H and O–H groups in total.